The SMILES string of the molecule is Cc1ccn2c(=O)c(C(=O)NCC(O)c3ccc(F)cc3)cnc2c1. The van der Waals surface area contributed by atoms with Gasteiger partial charge in [-0.25, -0.2) is 9.37 Å². The Morgan fingerprint density at radius 2 is 2.04 bits per heavy atom. The molecular weight excluding hydrogens is 325 g/mol. The van der Waals surface area contributed by atoms with Crippen molar-refractivity contribution in [1.82, 2.24) is 14.7 Å². The zero-order valence-electron chi connectivity index (χ0n) is 13.4. The minimum atomic E-state index is -1.01. The molecule has 0 saturated carbocycles. The molecule has 128 valence electrons. The number of carbonyl (C=O) groups is 1. The normalized spacial score (nSPS) is 12.1. The van der Waals surface area contributed by atoms with E-state index in [-0.39, 0.29) is 12.1 Å². The Morgan fingerprint density at radius 3 is 2.76 bits per heavy atom. The zero-order valence-corrected chi connectivity index (χ0v) is 13.4. The molecule has 0 spiro atoms. The number of nitrogens with zero attached hydrogens (tertiary/aromatic N) is 2. The van der Waals surface area contributed by atoms with Crippen molar-refractivity contribution in [2.75, 3.05) is 6.54 Å². The van der Waals surface area contributed by atoms with E-state index in [1.165, 1.54) is 34.9 Å². The smallest absolute Gasteiger partial charge is 0.270 e. The predicted molar refractivity (Wildman–Crippen MR) is 89.9 cm³/mol. The highest BCUT2D eigenvalue weighted by Gasteiger charge is 2.15. The molecule has 0 aliphatic heterocycles. The highest BCUT2D eigenvalue weighted by Crippen LogP contribution is 2.12. The van der Waals surface area contributed by atoms with Crippen LogP contribution in [0.25, 0.3) is 5.65 Å². The molecule has 0 bridgehead atoms. The fraction of sp³-hybridized carbons (Fsp3) is 0.167. The molecular formula is C18H16FN3O3. The third-order valence-corrected chi connectivity index (χ3v) is 3.82. The third-order valence-electron chi connectivity index (χ3n) is 3.82. The summed E-state index contributed by atoms with van der Waals surface area (Å²) in [5, 5.41) is 12.5. The van der Waals surface area contributed by atoms with Crippen LogP contribution >= 0.6 is 0 Å². The third kappa shape index (κ3) is 3.56. The lowest BCUT2D eigenvalue weighted by Gasteiger charge is -2.12. The average molecular weight is 341 g/mol. The molecule has 3 aromatic rings. The lowest BCUT2D eigenvalue weighted by atomic mass is 10.1. The van der Waals surface area contributed by atoms with Crippen LogP contribution in [-0.2, 0) is 0 Å². The zero-order chi connectivity index (χ0) is 18.0. The van der Waals surface area contributed by atoms with Crippen LogP contribution in [0.3, 0.4) is 0 Å². The number of pyridine rings is 1. The molecule has 0 fully saturated rings. The van der Waals surface area contributed by atoms with Gasteiger partial charge in [0.1, 0.15) is 17.0 Å². The Balaban J connectivity index is 1.76. The van der Waals surface area contributed by atoms with Gasteiger partial charge in [0, 0.05) is 18.9 Å². The van der Waals surface area contributed by atoms with E-state index in [0.29, 0.717) is 11.2 Å². The number of carbonyl (C=O) groups excluding carboxylic acids is 1. The maximum atomic E-state index is 12.9. The second kappa shape index (κ2) is 6.82. The summed E-state index contributed by atoms with van der Waals surface area (Å²) in [6.07, 6.45) is 1.77. The fourth-order valence-electron chi connectivity index (χ4n) is 2.42. The second-order valence-electron chi connectivity index (χ2n) is 5.69. The van der Waals surface area contributed by atoms with Gasteiger partial charge in [0.25, 0.3) is 11.5 Å². The van der Waals surface area contributed by atoms with E-state index in [0.717, 1.165) is 5.56 Å². The molecule has 3 rings (SSSR count). The lowest BCUT2D eigenvalue weighted by Crippen LogP contribution is -2.34. The number of halogens is 1. The molecule has 0 radical (unpaired) electrons. The van der Waals surface area contributed by atoms with Crippen LogP contribution in [0.1, 0.15) is 27.6 Å². The van der Waals surface area contributed by atoms with E-state index in [1.54, 1.807) is 18.3 Å². The maximum absolute atomic E-state index is 12.9. The van der Waals surface area contributed by atoms with E-state index >= 15 is 0 Å². The first-order chi connectivity index (χ1) is 12.0. The van der Waals surface area contributed by atoms with Gasteiger partial charge in [0.15, 0.2) is 0 Å². The average Bonchev–Trinajstić information content (AvgIpc) is 2.60. The van der Waals surface area contributed by atoms with Crippen LogP contribution in [0.15, 0.2) is 53.6 Å². The number of aromatic nitrogens is 2. The first-order valence-electron chi connectivity index (χ1n) is 7.65. The molecule has 0 aliphatic rings. The molecule has 2 heterocycles. The largest absolute Gasteiger partial charge is 0.387 e. The van der Waals surface area contributed by atoms with Crippen molar-refractivity contribution in [3.05, 3.63) is 81.7 Å². The van der Waals surface area contributed by atoms with Crippen LogP contribution in [0.4, 0.5) is 4.39 Å². The monoisotopic (exact) mass is 341 g/mol. The molecule has 2 aromatic heterocycles. The van der Waals surface area contributed by atoms with Crippen LogP contribution in [0, 0.1) is 12.7 Å². The molecule has 0 saturated heterocycles. The maximum Gasteiger partial charge on any atom is 0.270 e. The van der Waals surface area contributed by atoms with Gasteiger partial charge < -0.3 is 10.4 Å². The van der Waals surface area contributed by atoms with Gasteiger partial charge >= 0.3 is 0 Å². The Labute approximate surface area is 142 Å². The van der Waals surface area contributed by atoms with E-state index in [1.807, 2.05) is 6.92 Å². The molecule has 7 heteroatoms. The van der Waals surface area contributed by atoms with E-state index < -0.39 is 23.4 Å². The minimum Gasteiger partial charge on any atom is -0.387 e. The summed E-state index contributed by atoms with van der Waals surface area (Å²) < 4.78 is 14.2. The number of fused-ring (bicyclic) bond motifs is 1. The molecule has 0 aliphatic carbocycles. The van der Waals surface area contributed by atoms with Crippen LogP contribution in [-0.4, -0.2) is 26.9 Å². The van der Waals surface area contributed by atoms with Crippen LogP contribution in [0.2, 0.25) is 0 Å². The number of amides is 1. The molecule has 2 N–H and O–H groups in total. The molecule has 25 heavy (non-hydrogen) atoms. The van der Waals surface area contributed by atoms with E-state index in [9.17, 15) is 19.1 Å². The van der Waals surface area contributed by atoms with Gasteiger partial charge in [-0.3, -0.25) is 14.0 Å². The van der Waals surface area contributed by atoms with E-state index in [4.69, 9.17) is 0 Å². The number of rotatable bonds is 4. The summed E-state index contributed by atoms with van der Waals surface area (Å²) in [7, 11) is 0. The molecule has 1 aromatic carbocycles. The Hall–Kier alpha value is -3.06. The summed E-state index contributed by atoms with van der Waals surface area (Å²) in [6, 6.07) is 8.79. The van der Waals surface area contributed by atoms with Crippen molar-refractivity contribution in [3.8, 4) is 0 Å². The predicted octanol–water partition coefficient (Wildman–Crippen LogP) is 1.61. The highest BCUT2D eigenvalue weighted by molar-refractivity contribution is 5.93. The van der Waals surface area contributed by atoms with Gasteiger partial charge in [-0.05, 0) is 42.3 Å². The molecule has 6 nitrogen and oxygen atoms in total. The number of benzene rings is 1. The fourth-order valence-corrected chi connectivity index (χ4v) is 2.42. The summed E-state index contributed by atoms with van der Waals surface area (Å²) >= 11 is 0. The van der Waals surface area contributed by atoms with Gasteiger partial charge in [0.2, 0.25) is 0 Å². The molecule has 1 atom stereocenters. The van der Waals surface area contributed by atoms with Crippen molar-refractivity contribution in [2.24, 2.45) is 0 Å². The van der Waals surface area contributed by atoms with Crippen molar-refractivity contribution in [3.63, 3.8) is 0 Å². The summed E-state index contributed by atoms with van der Waals surface area (Å²) in [4.78, 5) is 28.7. The van der Waals surface area contributed by atoms with Gasteiger partial charge in [-0.1, -0.05) is 12.1 Å². The number of aliphatic hydroxyl groups is 1. The van der Waals surface area contributed by atoms with Gasteiger partial charge in [-0.2, -0.15) is 0 Å². The Bertz CT molecular complexity index is 983. The summed E-state index contributed by atoms with van der Waals surface area (Å²) in [5.41, 5.74) is 1.26. The minimum absolute atomic E-state index is 0.111. The summed E-state index contributed by atoms with van der Waals surface area (Å²) in [5.74, 6) is -1.04. The quantitative estimate of drug-likeness (QED) is 0.755. The number of nitrogens with one attached hydrogen (secondary N) is 1. The Morgan fingerprint density at radius 1 is 1.32 bits per heavy atom. The second-order valence-corrected chi connectivity index (χ2v) is 5.69. The number of hydrogen-bond donors (Lipinski definition) is 2. The number of aryl methyl sites for hydroxylation is 1. The standard InChI is InChI=1S/C18H16FN3O3/c1-11-6-7-22-16(8-11)20-9-14(18(22)25)17(24)21-10-15(23)12-2-4-13(19)5-3-12/h2-9,15,23H,10H2,1H3,(H,21,24). The first-order valence-corrected chi connectivity index (χ1v) is 7.65. The lowest BCUT2D eigenvalue weighted by molar-refractivity contribution is 0.0914. The van der Waals surface area contributed by atoms with Crippen molar-refractivity contribution >= 4 is 11.6 Å². The van der Waals surface area contributed by atoms with Crippen LogP contribution in [0.5, 0.6) is 0 Å². The van der Waals surface area contributed by atoms with Gasteiger partial charge in [-0.15, -0.1) is 0 Å². The summed E-state index contributed by atoms with van der Waals surface area (Å²) in [6.45, 7) is 1.77. The number of hydrogen-bond acceptors (Lipinski definition) is 4. The highest BCUT2D eigenvalue weighted by atomic mass is 19.1. The Kier molecular flexibility index (Phi) is 4.58. The van der Waals surface area contributed by atoms with Gasteiger partial charge in [0.05, 0.1) is 6.10 Å². The topological polar surface area (TPSA) is 83.7 Å². The molecule has 1 amide bonds. The van der Waals surface area contributed by atoms with Crippen LogP contribution < -0.4 is 10.9 Å². The van der Waals surface area contributed by atoms with Crippen molar-refractivity contribution in [2.45, 2.75) is 13.0 Å². The van der Waals surface area contributed by atoms with Crippen molar-refractivity contribution < 1.29 is 14.3 Å². The van der Waals surface area contributed by atoms with Crippen molar-refractivity contribution in [1.29, 1.82) is 0 Å². The molecule has 1 unspecified atom stereocenters. The first kappa shape index (κ1) is 16.8. The van der Waals surface area contributed by atoms with E-state index in [2.05, 4.69) is 10.3 Å². The number of aliphatic hydroxyl groups excluding tert-OH is 1.